The number of aromatic nitrogens is 3. The summed E-state index contributed by atoms with van der Waals surface area (Å²) in [7, 11) is -2.95. The van der Waals surface area contributed by atoms with Gasteiger partial charge in [0.2, 0.25) is 0 Å². The van der Waals surface area contributed by atoms with Crippen molar-refractivity contribution in [2.75, 3.05) is 11.5 Å². The van der Waals surface area contributed by atoms with Crippen LogP contribution in [0.5, 0.6) is 0 Å². The zero-order valence-electron chi connectivity index (χ0n) is 11.5. The number of aryl methyl sites for hydroxylation is 1. The molecule has 0 spiro atoms. The van der Waals surface area contributed by atoms with Crippen molar-refractivity contribution in [3.05, 3.63) is 12.2 Å². The molecule has 0 aromatic carbocycles. The SMILES string of the molecule is CCS(=O)(=O)CCn1cnc(CNC(C)(C)C)n1. The van der Waals surface area contributed by atoms with Crippen molar-refractivity contribution < 1.29 is 8.42 Å². The van der Waals surface area contributed by atoms with Crippen molar-refractivity contribution >= 4 is 9.84 Å². The second kappa shape index (κ2) is 5.79. The largest absolute Gasteiger partial charge is 0.305 e. The van der Waals surface area contributed by atoms with Crippen molar-refractivity contribution in [2.45, 2.75) is 46.3 Å². The monoisotopic (exact) mass is 274 g/mol. The first-order chi connectivity index (χ1) is 8.22. The quantitative estimate of drug-likeness (QED) is 0.822. The molecule has 1 aromatic heterocycles. The second-order valence-corrected chi connectivity index (χ2v) is 7.74. The zero-order valence-corrected chi connectivity index (χ0v) is 12.3. The van der Waals surface area contributed by atoms with Crippen LogP contribution >= 0.6 is 0 Å². The van der Waals surface area contributed by atoms with Crippen LogP contribution in [0.15, 0.2) is 6.33 Å². The standard InChI is InChI=1S/C11H22N4O2S/c1-5-18(16,17)7-6-15-9-12-10(14-15)8-13-11(2,3)4/h9,13H,5-8H2,1-4H3. The Labute approximate surface area is 109 Å². The molecule has 104 valence electrons. The van der Waals surface area contributed by atoms with Gasteiger partial charge in [0, 0.05) is 11.3 Å². The summed E-state index contributed by atoms with van der Waals surface area (Å²) < 4.78 is 24.3. The fourth-order valence-electron chi connectivity index (χ4n) is 1.24. The summed E-state index contributed by atoms with van der Waals surface area (Å²) in [4.78, 5) is 4.14. The number of hydrogen-bond acceptors (Lipinski definition) is 5. The van der Waals surface area contributed by atoms with Crippen LogP contribution in [-0.4, -0.2) is 40.2 Å². The first-order valence-electron chi connectivity index (χ1n) is 6.05. The van der Waals surface area contributed by atoms with E-state index in [4.69, 9.17) is 0 Å². The average Bonchev–Trinajstić information content (AvgIpc) is 2.71. The molecule has 1 aromatic rings. The summed E-state index contributed by atoms with van der Waals surface area (Å²) >= 11 is 0. The summed E-state index contributed by atoms with van der Waals surface area (Å²) in [6, 6.07) is 0. The molecule has 1 heterocycles. The molecule has 0 unspecified atom stereocenters. The number of hydrogen-bond donors (Lipinski definition) is 1. The molecular formula is C11H22N4O2S. The highest BCUT2D eigenvalue weighted by Gasteiger charge is 2.11. The molecular weight excluding hydrogens is 252 g/mol. The molecule has 0 saturated carbocycles. The summed E-state index contributed by atoms with van der Waals surface area (Å²) in [6.45, 7) is 8.79. The lowest BCUT2D eigenvalue weighted by atomic mass is 10.1. The van der Waals surface area contributed by atoms with E-state index in [0.29, 0.717) is 18.9 Å². The molecule has 0 radical (unpaired) electrons. The second-order valence-electron chi connectivity index (χ2n) is 5.26. The molecule has 1 rings (SSSR count). The van der Waals surface area contributed by atoms with Crippen molar-refractivity contribution in [1.82, 2.24) is 20.1 Å². The van der Waals surface area contributed by atoms with Crippen LogP contribution in [0, 0.1) is 0 Å². The molecule has 0 saturated heterocycles. The van der Waals surface area contributed by atoms with Gasteiger partial charge in [0.25, 0.3) is 0 Å². The van der Waals surface area contributed by atoms with Gasteiger partial charge in [-0.2, -0.15) is 5.10 Å². The molecule has 0 amide bonds. The maximum atomic E-state index is 11.4. The van der Waals surface area contributed by atoms with E-state index in [9.17, 15) is 8.42 Å². The Morgan fingerprint density at radius 3 is 2.61 bits per heavy atom. The van der Waals surface area contributed by atoms with Crippen LogP contribution in [0.1, 0.15) is 33.5 Å². The lowest BCUT2D eigenvalue weighted by Gasteiger charge is -2.19. The van der Waals surface area contributed by atoms with E-state index in [-0.39, 0.29) is 17.0 Å². The highest BCUT2D eigenvalue weighted by molar-refractivity contribution is 7.91. The van der Waals surface area contributed by atoms with Gasteiger partial charge in [0.1, 0.15) is 6.33 Å². The lowest BCUT2D eigenvalue weighted by Crippen LogP contribution is -2.35. The molecule has 6 nitrogen and oxygen atoms in total. The number of sulfone groups is 1. The Morgan fingerprint density at radius 1 is 1.39 bits per heavy atom. The third-order valence-corrected chi connectivity index (χ3v) is 4.12. The van der Waals surface area contributed by atoms with Crippen LogP contribution in [0.25, 0.3) is 0 Å². The van der Waals surface area contributed by atoms with E-state index in [0.717, 1.165) is 0 Å². The molecule has 0 bridgehead atoms. The van der Waals surface area contributed by atoms with Gasteiger partial charge in [-0.1, -0.05) is 6.92 Å². The van der Waals surface area contributed by atoms with Gasteiger partial charge in [-0.3, -0.25) is 4.68 Å². The van der Waals surface area contributed by atoms with Gasteiger partial charge in [-0.15, -0.1) is 0 Å². The molecule has 0 fully saturated rings. The van der Waals surface area contributed by atoms with Gasteiger partial charge < -0.3 is 5.32 Å². The Kier molecular flexibility index (Phi) is 4.86. The summed E-state index contributed by atoms with van der Waals surface area (Å²) in [5.41, 5.74) is 0.0109. The molecule has 0 aliphatic carbocycles. The van der Waals surface area contributed by atoms with E-state index in [1.807, 2.05) is 0 Å². The number of rotatable bonds is 6. The topological polar surface area (TPSA) is 76.9 Å². The third kappa shape index (κ3) is 5.59. The molecule has 1 N–H and O–H groups in total. The van der Waals surface area contributed by atoms with Crippen molar-refractivity contribution in [1.29, 1.82) is 0 Å². The Balaban J connectivity index is 2.49. The third-order valence-electron chi connectivity index (χ3n) is 2.43. The minimum absolute atomic E-state index is 0.0109. The van der Waals surface area contributed by atoms with Crippen molar-refractivity contribution in [3.63, 3.8) is 0 Å². The molecule has 18 heavy (non-hydrogen) atoms. The van der Waals surface area contributed by atoms with Gasteiger partial charge in [0.05, 0.1) is 18.8 Å². The molecule has 0 atom stereocenters. The van der Waals surface area contributed by atoms with Crippen molar-refractivity contribution in [2.24, 2.45) is 0 Å². The fraction of sp³-hybridized carbons (Fsp3) is 0.818. The maximum absolute atomic E-state index is 11.4. The smallest absolute Gasteiger partial charge is 0.164 e. The summed E-state index contributed by atoms with van der Waals surface area (Å²) in [6.07, 6.45) is 1.57. The molecule has 0 aliphatic heterocycles. The van der Waals surface area contributed by atoms with Gasteiger partial charge in [-0.25, -0.2) is 13.4 Å². The predicted molar refractivity (Wildman–Crippen MR) is 70.9 cm³/mol. The van der Waals surface area contributed by atoms with Gasteiger partial charge in [-0.05, 0) is 20.8 Å². The van der Waals surface area contributed by atoms with E-state index < -0.39 is 9.84 Å². The minimum atomic E-state index is -2.95. The van der Waals surface area contributed by atoms with E-state index >= 15 is 0 Å². The normalized spacial score (nSPS) is 12.9. The van der Waals surface area contributed by atoms with Gasteiger partial charge in [0.15, 0.2) is 15.7 Å². The van der Waals surface area contributed by atoms with E-state index in [2.05, 4.69) is 36.2 Å². The van der Waals surface area contributed by atoms with Crippen LogP contribution in [-0.2, 0) is 22.9 Å². The highest BCUT2D eigenvalue weighted by Crippen LogP contribution is 2.01. The maximum Gasteiger partial charge on any atom is 0.164 e. The molecule has 7 heteroatoms. The first-order valence-corrected chi connectivity index (χ1v) is 7.88. The summed E-state index contributed by atoms with van der Waals surface area (Å²) in [5.74, 6) is 0.956. The zero-order chi connectivity index (χ0) is 13.8. The van der Waals surface area contributed by atoms with Crippen LogP contribution in [0.2, 0.25) is 0 Å². The summed E-state index contributed by atoms with van der Waals surface area (Å²) in [5, 5.41) is 7.51. The lowest BCUT2D eigenvalue weighted by molar-refractivity contribution is 0.416. The highest BCUT2D eigenvalue weighted by atomic mass is 32.2. The Hall–Kier alpha value is -0.950. The van der Waals surface area contributed by atoms with E-state index in [1.165, 1.54) is 0 Å². The van der Waals surface area contributed by atoms with Crippen LogP contribution in [0.3, 0.4) is 0 Å². The van der Waals surface area contributed by atoms with Gasteiger partial charge >= 0.3 is 0 Å². The fourth-order valence-corrected chi connectivity index (χ4v) is 2.00. The Morgan fingerprint density at radius 2 is 2.06 bits per heavy atom. The van der Waals surface area contributed by atoms with E-state index in [1.54, 1.807) is 17.9 Å². The van der Waals surface area contributed by atoms with Crippen LogP contribution < -0.4 is 5.32 Å². The van der Waals surface area contributed by atoms with Crippen LogP contribution in [0.4, 0.5) is 0 Å². The number of nitrogens with zero attached hydrogens (tertiary/aromatic N) is 3. The average molecular weight is 274 g/mol. The predicted octanol–water partition coefficient (Wildman–Crippen LogP) is 0.601. The molecule has 0 aliphatic rings. The first kappa shape index (κ1) is 15.1. The Bertz CT molecular complexity index is 473. The number of nitrogens with one attached hydrogen (secondary N) is 1. The van der Waals surface area contributed by atoms with Crippen molar-refractivity contribution in [3.8, 4) is 0 Å². The minimum Gasteiger partial charge on any atom is -0.305 e.